The van der Waals surface area contributed by atoms with Crippen molar-refractivity contribution in [2.75, 3.05) is 19.4 Å². The Morgan fingerprint density at radius 1 is 1.21 bits per heavy atom. The first-order valence-corrected chi connectivity index (χ1v) is 11.6. The molecule has 0 unspecified atom stereocenters. The Balaban J connectivity index is 1.54. The predicted octanol–water partition coefficient (Wildman–Crippen LogP) is 3.46. The Labute approximate surface area is 175 Å². The molecule has 1 amide bonds. The molecule has 2 heterocycles. The van der Waals surface area contributed by atoms with Gasteiger partial charge in [0.2, 0.25) is 5.91 Å². The Morgan fingerprint density at radius 3 is 2.76 bits per heavy atom. The minimum Gasteiger partial charge on any atom is -0.376 e. The fraction of sp³-hybridized carbons (Fsp3) is 0.591. The van der Waals surface area contributed by atoms with Crippen LogP contribution in [0.5, 0.6) is 0 Å². The molecule has 2 aliphatic rings. The monoisotopic (exact) mass is 415 g/mol. The lowest BCUT2D eigenvalue weighted by Crippen LogP contribution is -2.39. The smallest absolute Gasteiger partial charge is 0.262 e. The number of rotatable bonds is 6. The highest BCUT2D eigenvalue weighted by molar-refractivity contribution is 7.99. The van der Waals surface area contributed by atoms with E-state index in [9.17, 15) is 9.59 Å². The Bertz CT molecular complexity index is 917. The lowest BCUT2D eigenvalue weighted by molar-refractivity contribution is -0.129. The summed E-state index contributed by atoms with van der Waals surface area (Å²) >= 11 is 1.36. The number of nitrogens with zero attached hydrogens (tertiary/aromatic N) is 3. The number of carbonyl (C=O) groups excluding carboxylic acids is 1. The number of aromatic nitrogens is 2. The molecule has 1 saturated carbocycles. The molecule has 1 saturated heterocycles. The van der Waals surface area contributed by atoms with Gasteiger partial charge in [-0.3, -0.25) is 14.2 Å². The van der Waals surface area contributed by atoms with Gasteiger partial charge in [-0.05, 0) is 37.8 Å². The van der Waals surface area contributed by atoms with Crippen molar-refractivity contribution in [1.29, 1.82) is 0 Å². The van der Waals surface area contributed by atoms with Gasteiger partial charge in [0, 0.05) is 19.7 Å². The highest BCUT2D eigenvalue weighted by atomic mass is 32.2. The van der Waals surface area contributed by atoms with Crippen molar-refractivity contribution in [2.24, 2.45) is 0 Å². The number of hydrogen-bond acceptors (Lipinski definition) is 5. The lowest BCUT2D eigenvalue weighted by Gasteiger charge is -2.31. The molecule has 2 aromatic rings. The molecule has 1 aliphatic heterocycles. The fourth-order valence-corrected chi connectivity index (χ4v) is 5.24. The maximum Gasteiger partial charge on any atom is 0.262 e. The van der Waals surface area contributed by atoms with Crippen molar-refractivity contribution in [3.05, 3.63) is 34.6 Å². The van der Waals surface area contributed by atoms with E-state index in [0.717, 1.165) is 32.3 Å². The summed E-state index contributed by atoms with van der Waals surface area (Å²) in [6.07, 6.45) is 7.85. The number of hydrogen-bond donors (Lipinski definition) is 0. The van der Waals surface area contributed by atoms with Gasteiger partial charge in [0.1, 0.15) is 0 Å². The van der Waals surface area contributed by atoms with Crippen molar-refractivity contribution in [3.8, 4) is 0 Å². The van der Waals surface area contributed by atoms with Crippen molar-refractivity contribution in [2.45, 2.75) is 68.8 Å². The SMILES string of the molecule is CN(C(=O)CSc1nc2ccccc2c(=O)n1C[C@@H]1CCCO1)C1CCCCC1. The number of ether oxygens (including phenoxy) is 1. The number of fused-ring (bicyclic) bond motifs is 1. The molecule has 6 nitrogen and oxygen atoms in total. The number of para-hydroxylation sites is 1. The molecule has 1 atom stereocenters. The number of carbonyl (C=O) groups is 1. The third-order valence-corrected chi connectivity index (χ3v) is 7.04. The van der Waals surface area contributed by atoms with Gasteiger partial charge in [0.05, 0.1) is 29.3 Å². The van der Waals surface area contributed by atoms with E-state index < -0.39 is 0 Å². The molecule has 1 aromatic heterocycles. The largest absolute Gasteiger partial charge is 0.376 e. The van der Waals surface area contributed by atoms with Crippen molar-refractivity contribution >= 4 is 28.6 Å². The molecule has 1 aromatic carbocycles. The van der Waals surface area contributed by atoms with Crippen LogP contribution >= 0.6 is 11.8 Å². The summed E-state index contributed by atoms with van der Waals surface area (Å²) in [4.78, 5) is 32.5. The average Bonchev–Trinajstić information content (AvgIpc) is 3.27. The molecule has 0 spiro atoms. The molecule has 0 bridgehead atoms. The van der Waals surface area contributed by atoms with Gasteiger partial charge >= 0.3 is 0 Å². The average molecular weight is 416 g/mol. The van der Waals surface area contributed by atoms with E-state index in [1.807, 2.05) is 36.2 Å². The van der Waals surface area contributed by atoms with Crippen molar-refractivity contribution < 1.29 is 9.53 Å². The summed E-state index contributed by atoms with van der Waals surface area (Å²) in [5.41, 5.74) is 0.623. The van der Waals surface area contributed by atoms with Crippen LogP contribution in [0.15, 0.2) is 34.2 Å². The predicted molar refractivity (Wildman–Crippen MR) is 115 cm³/mol. The number of benzene rings is 1. The van der Waals surface area contributed by atoms with E-state index in [0.29, 0.717) is 34.4 Å². The zero-order valence-corrected chi connectivity index (χ0v) is 17.8. The minimum absolute atomic E-state index is 0.0376. The summed E-state index contributed by atoms with van der Waals surface area (Å²) in [6.45, 7) is 1.24. The molecule has 2 fully saturated rings. The van der Waals surface area contributed by atoms with Crippen LogP contribution in [0.25, 0.3) is 10.9 Å². The maximum absolute atomic E-state index is 13.1. The van der Waals surface area contributed by atoms with Crippen LogP contribution < -0.4 is 5.56 Å². The highest BCUT2D eigenvalue weighted by Crippen LogP contribution is 2.24. The van der Waals surface area contributed by atoms with Crippen LogP contribution in [0.4, 0.5) is 0 Å². The number of amides is 1. The van der Waals surface area contributed by atoms with Gasteiger partial charge in [-0.1, -0.05) is 43.2 Å². The summed E-state index contributed by atoms with van der Waals surface area (Å²) in [6, 6.07) is 7.75. The second-order valence-electron chi connectivity index (χ2n) is 8.05. The first-order chi connectivity index (χ1) is 14.1. The second-order valence-corrected chi connectivity index (χ2v) is 8.99. The summed E-state index contributed by atoms with van der Waals surface area (Å²) in [7, 11) is 1.91. The topological polar surface area (TPSA) is 64.4 Å². The molecule has 0 N–H and O–H groups in total. The Kier molecular flexibility index (Phi) is 6.55. The first-order valence-electron chi connectivity index (χ1n) is 10.6. The number of thioether (sulfide) groups is 1. The van der Waals surface area contributed by atoms with E-state index in [1.54, 1.807) is 4.57 Å². The molecule has 29 heavy (non-hydrogen) atoms. The first kappa shape index (κ1) is 20.4. The van der Waals surface area contributed by atoms with E-state index >= 15 is 0 Å². The van der Waals surface area contributed by atoms with E-state index in [-0.39, 0.29) is 17.6 Å². The van der Waals surface area contributed by atoms with Crippen LogP contribution in [0.1, 0.15) is 44.9 Å². The fourth-order valence-electron chi connectivity index (χ4n) is 4.31. The van der Waals surface area contributed by atoms with Crippen LogP contribution in [-0.4, -0.2) is 51.9 Å². The van der Waals surface area contributed by atoms with Crippen molar-refractivity contribution in [1.82, 2.24) is 14.5 Å². The van der Waals surface area contributed by atoms with Gasteiger partial charge in [-0.15, -0.1) is 0 Å². The zero-order chi connectivity index (χ0) is 20.2. The van der Waals surface area contributed by atoms with Crippen molar-refractivity contribution in [3.63, 3.8) is 0 Å². The third kappa shape index (κ3) is 4.67. The van der Waals surface area contributed by atoms with Gasteiger partial charge in [-0.25, -0.2) is 4.98 Å². The molecule has 1 aliphatic carbocycles. The van der Waals surface area contributed by atoms with Gasteiger partial charge in [0.25, 0.3) is 5.56 Å². The highest BCUT2D eigenvalue weighted by Gasteiger charge is 2.24. The summed E-state index contributed by atoms with van der Waals surface area (Å²) < 4.78 is 7.46. The summed E-state index contributed by atoms with van der Waals surface area (Å²) in [5.74, 6) is 0.400. The molecule has 4 rings (SSSR count). The van der Waals surface area contributed by atoms with E-state index in [2.05, 4.69) is 0 Å². The molecule has 7 heteroatoms. The normalized spacial score (nSPS) is 20.2. The van der Waals surface area contributed by atoms with Gasteiger partial charge in [-0.2, -0.15) is 0 Å². The van der Waals surface area contributed by atoms with Crippen LogP contribution in [0.3, 0.4) is 0 Å². The van der Waals surface area contributed by atoms with Gasteiger partial charge in [0.15, 0.2) is 5.16 Å². The van der Waals surface area contributed by atoms with Gasteiger partial charge < -0.3 is 9.64 Å². The summed E-state index contributed by atoms with van der Waals surface area (Å²) in [5, 5.41) is 1.22. The third-order valence-electron chi connectivity index (χ3n) is 6.08. The molecule has 156 valence electrons. The Morgan fingerprint density at radius 2 is 2.00 bits per heavy atom. The van der Waals surface area contributed by atoms with E-state index in [4.69, 9.17) is 9.72 Å². The maximum atomic E-state index is 13.1. The zero-order valence-electron chi connectivity index (χ0n) is 17.0. The molecular formula is C22H29N3O3S. The lowest BCUT2D eigenvalue weighted by atomic mass is 9.94. The molecule has 0 radical (unpaired) electrons. The van der Waals surface area contributed by atoms with E-state index in [1.165, 1.54) is 31.0 Å². The standard InChI is InChI=1S/C22H29N3O3S/c1-24(16-8-3-2-4-9-16)20(26)15-29-22-23-19-12-6-5-11-18(19)21(27)25(22)14-17-10-7-13-28-17/h5-6,11-12,16-17H,2-4,7-10,13-15H2,1H3/t17-/m0/s1. The second kappa shape index (κ2) is 9.30. The van der Waals surface area contributed by atoms with Crippen LogP contribution in [0.2, 0.25) is 0 Å². The Hall–Kier alpha value is -1.86. The van der Waals surface area contributed by atoms with Crippen LogP contribution in [0, 0.1) is 0 Å². The van der Waals surface area contributed by atoms with Crippen LogP contribution in [-0.2, 0) is 16.1 Å². The minimum atomic E-state index is -0.0540. The quantitative estimate of drug-likeness (QED) is 0.534. The molecular weight excluding hydrogens is 386 g/mol.